The summed E-state index contributed by atoms with van der Waals surface area (Å²) in [5.41, 5.74) is 6.97. The molecule has 1 fully saturated rings. The smallest absolute Gasteiger partial charge is 0.247 e. The molecule has 0 bridgehead atoms. The summed E-state index contributed by atoms with van der Waals surface area (Å²) in [5.74, 6) is -0.304. The number of likely N-dealkylation sites (tertiary alicyclic amines) is 1. The Hall–Kier alpha value is -2.13. The van der Waals surface area contributed by atoms with Crippen molar-refractivity contribution in [3.8, 4) is 0 Å². The summed E-state index contributed by atoms with van der Waals surface area (Å²) in [5, 5.41) is 0. The van der Waals surface area contributed by atoms with Crippen LogP contribution in [0.2, 0.25) is 0 Å². The Morgan fingerprint density at radius 1 is 0.857 bits per heavy atom. The first kappa shape index (κ1) is 13.8. The number of hydrogen-bond donors (Lipinski definition) is 1. The fraction of sp³-hybridized carbons (Fsp3) is 0.278. The van der Waals surface area contributed by atoms with Crippen LogP contribution in [0.5, 0.6) is 0 Å². The van der Waals surface area contributed by atoms with E-state index < -0.39 is 5.54 Å². The maximum absolute atomic E-state index is 12.6. The molecule has 0 atom stereocenters. The van der Waals surface area contributed by atoms with Crippen molar-refractivity contribution in [3.05, 3.63) is 71.8 Å². The monoisotopic (exact) mass is 280 g/mol. The van der Waals surface area contributed by atoms with Crippen molar-refractivity contribution in [2.24, 2.45) is 5.73 Å². The summed E-state index contributed by atoms with van der Waals surface area (Å²) in [6.45, 7) is 1.79. The van der Waals surface area contributed by atoms with Crippen LogP contribution >= 0.6 is 0 Å². The molecule has 1 saturated heterocycles. The van der Waals surface area contributed by atoms with Crippen LogP contribution in [0.1, 0.15) is 24.0 Å². The van der Waals surface area contributed by atoms with E-state index in [0.29, 0.717) is 0 Å². The Morgan fingerprint density at radius 2 is 1.29 bits per heavy atom. The molecule has 0 radical (unpaired) electrons. The molecule has 2 N–H and O–H groups in total. The number of rotatable bonds is 4. The SMILES string of the molecule is NC(=O)C(c1ccccc1)(c1ccccc1)N1CCCC1. The molecule has 1 aliphatic rings. The first-order valence-electron chi connectivity index (χ1n) is 7.42. The zero-order valence-electron chi connectivity index (χ0n) is 12.0. The highest BCUT2D eigenvalue weighted by atomic mass is 16.1. The maximum Gasteiger partial charge on any atom is 0.247 e. The Balaban J connectivity index is 2.24. The minimum atomic E-state index is -0.862. The minimum Gasteiger partial charge on any atom is -0.367 e. The lowest BCUT2D eigenvalue weighted by Crippen LogP contribution is -2.54. The molecule has 3 nitrogen and oxygen atoms in total. The fourth-order valence-electron chi connectivity index (χ4n) is 3.38. The Bertz CT molecular complexity index is 564. The third kappa shape index (κ3) is 2.24. The second-order valence-electron chi connectivity index (χ2n) is 5.50. The summed E-state index contributed by atoms with van der Waals surface area (Å²) < 4.78 is 0. The molecule has 0 saturated carbocycles. The Kier molecular flexibility index (Phi) is 3.76. The van der Waals surface area contributed by atoms with E-state index in [1.165, 1.54) is 0 Å². The van der Waals surface area contributed by atoms with Crippen LogP contribution in [0.4, 0.5) is 0 Å². The van der Waals surface area contributed by atoms with E-state index in [9.17, 15) is 4.79 Å². The van der Waals surface area contributed by atoms with Gasteiger partial charge in [-0.1, -0.05) is 60.7 Å². The molecule has 0 spiro atoms. The fourth-order valence-corrected chi connectivity index (χ4v) is 3.38. The predicted molar refractivity (Wildman–Crippen MR) is 83.7 cm³/mol. The molecule has 2 aromatic rings. The normalized spacial score (nSPS) is 16.0. The van der Waals surface area contributed by atoms with Crippen LogP contribution in [0.3, 0.4) is 0 Å². The molecule has 21 heavy (non-hydrogen) atoms. The van der Waals surface area contributed by atoms with Crippen LogP contribution in [0, 0.1) is 0 Å². The first-order valence-corrected chi connectivity index (χ1v) is 7.42. The second kappa shape index (κ2) is 5.70. The predicted octanol–water partition coefficient (Wildman–Crippen LogP) is 2.51. The van der Waals surface area contributed by atoms with E-state index in [4.69, 9.17) is 5.73 Å². The lowest BCUT2D eigenvalue weighted by atomic mass is 9.80. The highest BCUT2D eigenvalue weighted by Crippen LogP contribution is 2.38. The van der Waals surface area contributed by atoms with E-state index in [1.807, 2.05) is 60.7 Å². The highest BCUT2D eigenvalue weighted by Gasteiger charge is 2.46. The van der Waals surface area contributed by atoms with Gasteiger partial charge in [0, 0.05) is 0 Å². The van der Waals surface area contributed by atoms with Crippen LogP contribution in [-0.4, -0.2) is 23.9 Å². The van der Waals surface area contributed by atoms with Gasteiger partial charge in [-0.25, -0.2) is 0 Å². The number of amides is 1. The molecule has 1 aliphatic heterocycles. The molecular weight excluding hydrogens is 260 g/mol. The van der Waals surface area contributed by atoms with Gasteiger partial charge < -0.3 is 5.73 Å². The summed E-state index contributed by atoms with van der Waals surface area (Å²) >= 11 is 0. The van der Waals surface area contributed by atoms with Crippen LogP contribution in [0.25, 0.3) is 0 Å². The average molecular weight is 280 g/mol. The van der Waals surface area contributed by atoms with E-state index in [0.717, 1.165) is 37.1 Å². The topological polar surface area (TPSA) is 46.3 Å². The van der Waals surface area contributed by atoms with Gasteiger partial charge >= 0.3 is 0 Å². The quantitative estimate of drug-likeness (QED) is 0.935. The standard InChI is InChI=1S/C18H20N2O/c19-17(21)18(20-13-7-8-14-20,15-9-3-1-4-10-15)16-11-5-2-6-12-16/h1-6,9-12H,7-8,13-14H2,(H2,19,21). The second-order valence-corrected chi connectivity index (χ2v) is 5.50. The van der Waals surface area contributed by atoms with Crippen LogP contribution in [-0.2, 0) is 10.3 Å². The van der Waals surface area contributed by atoms with Gasteiger partial charge in [0.1, 0.15) is 0 Å². The summed E-state index contributed by atoms with van der Waals surface area (Å²) in [6, 6.07) is 19.8. The number of primary amides is 1. The molecular formula is C18H20N2O. The van der Waals surface area contributed by atoms with E-state index in [2.05, 4.69) is 4.90 Å². The number of benzene rings is 2. The van der Waals surface area contributed by atoms with E-state index in [1.54, 1.807) is 0 Å². The van der Waals surface area contributed by atoms with E-state index >= 15 is 0 Å². The van der Waals surface area contributed by atoms with Crippen molar-refractivity contribution in [2.45, 2.75) is 18.4 Å². The van der Waals surface area contributed by atoms with Gasteiger partial charge in [0.25, 0.3) is 0 Å². The molecule has 0 unspecified atom stereocenters. The van der Waals surface area contributed by atoms with Crippen molar-refractivity contribution >= 4 is 5.91 Å². The average Bonchev–Trinajstić information content (AvgIpc) is 3.04. The van der Waals surface area contributed by atoms with Gasteiger partial charge in [0.15, 0.2) is 5.54 Å². The Labute approximate surface area is 125 Å². The first-order chi connectivity index (χ1) is 10.3. The van der Waals surface area contributed by atoms with E-state index in [-0.39, 0.29) is 5.91 Å². The minimum absolute atomic E-state index is 0.304. The summed E-state index contributed by atoms with van der Waals surface area (Å²) in [4.78, 5) is 14.8. The molecule has 1 amide bonds. The highest BCUT2D eigenvalue weighted by molar-refractivity contribution is 5.90. The van der Waals surface area contributed by atoms with Crippen molar-refractivity contribution in [2.75, 3.05) is 13.1 Å². The van der Waals surface area contributed by atoms with Crippen molar-refractivity contribution in [1.82, 2.24) is 4.90 Å². The molecule has 0 aromatic heterocycles. The number of nitrogens with two attached hydrogens (primary N) is 1. The van der Waals surface area contributed by atoms with Crippen molar-refractivity contribution in [1.29, 1.82) is 0 Å². The third-order valence-electron chi connectivity index (χ3n) is 4.32. The molecule has 3 heteroatoms. The van der Waals surface area contributed by atoms with Gasteiger partial charge in [-0.15, -0.1) is 0 Å². The molecule has 0 aliphatic carbocycles. The molecule has 2 aromatic carbocycles. The molecule has 3 rings (SSSR count). The number of carbonyl (C=O) groups is 1. The maximum atomic E-state index is 12.6. The number of hydrogen-bond acceptors (Lipinski definition) is 2. The number of carbonyl (C=O) groups excluding carboxylic acids is 1. The van der Waals surface area contributed by atoms with Crippen LogP contribution in [0.15, 0.2) is 60.7 Å². The number of nitrogens with zero attached hydrogens (tertiary/aromatic N) is 1. The zero-order valence-corrected chi connectivity index (χ0v) is 12.0. The van der Waals surface area contributed by atoms with Gasteiger partial charge in [-0.2, -0.15) is 0 Å². The molecule has 108 valence electrons. The van der Waals surface area contributed by atoms with Crippen LogP contribution < -0.4 is 5.73 Å². The van der Waals surface area contributed by atoms with Crippen molar-refractivity contribution < 1.29 is 4.79 Å². The summed E-state index contributed by atoms with van der Waals surface area (Å²) in [6.07, 6.45) is 2.21. The lowest BCUT2D eigenvalue weighted by Gasteiger charge is -2.40. The Morgan fingerprint density at radius 3 is 1.67 bits per heavy atom. The largest absolute Gasteiger partial charge is 0.367 e. The third-order valence-corrected chi connectivity index (χ3v) is 4.32. The zero-order chi connectivity index (χ0) is 14.7. The van der Waals surface area contributed by atoms with Gasteiger partial charge in [-0.3, -0.25) is 9.69 Å². The van der Waals surface area contributed by atoms with Crippen molar-refractivity contribution in [3.63, 3.8) is 0 Å². The molecule has 1 heterocycles. The van der Waals surface area contributed by atoms with Gasteiger partial charge in [-0.05, 0) is 37.1 Å². The van der Waals surface area contributed by atoms with Gasteiger partial charge in [0.2, 0.25) is 5.91 Å². The lowest BCUT2D eigenvalue weighted by molar-refractivity contribution is -0.127. The van der Waals surface area contributed by atoms with Gasteiger partial charge in [0.05, 0.1) is 0 Å². The summed E-state index contributed by atoms with van der Waals surface area (Å²) in [7, 11) is 0.